The molecule has 0 radical (unpaired) electrons. The largest absolute Gasteiger partial charge is 0.333 e. The van der Waals surface area contributed by atoms with E-state index in [1.807, 2.05) is 13.1 Å². The Morgan fingerprint density at radius 2 is 2.16 bits per heavy atom. The minimum absolute atomic E-state index is 0.463. The molecule has 1 aliphatic rings. The molecule has 0 spiro atoms. The fraction of sp³-hybridized carbons (Fsp3) is 0.389. The maximum Gasteiger partial charge on any atom is 0.261 e. The molecule has 0 aromatic carbocycles. The summed E-state index contributed by atoms with van der Waals surface area (Å²) in [5.74, 6) is 1.05. The fourth-order valence-electron chi connectivity index (χ4n) is 3.27. The highest BCUT2D eigenvalue weighted by molar-refractivity contribution is 5.67. The van der Waals surface area contributed by atoms with E-state index < -0.39 is 0 Å². The number of hydrogen-bond acceptors (Lipinski definition) is 7. The van der Waals surface area contributed by atoms with Crippen LogP contribution < -0.4 is 5.32 Å². The number of hydrogen-bond donors (Lipinski definition) is 1. The Hall–Kier alpha value is -2.67. The van der Waals surface area contributed by atoms with E-state index in [4.69, 9.17) is 4.52 Å². The van der Waals surface area contributed by atoms with Crippen molar-refractivity contribution in [1.29, 1.82) is 0 Å². The number of pyridine rings is 1. The second-order valence-corrected chi connectivity index (χ2v) is 6.21. The lowest BCUT2D eigenvalue weighted by Gasteiger charge is -2.19. The Labute approximate surface area is 145 Å². The van der Waals surface area contributed by atoms with E-state index >= 15 is 0 Å². The monoisotopic (exact) mass is 336 g/mol. The van der Waals surface area contributed by atoms with Crippen molar-refractivity contribution in [1.82, 2.24) is 30.4 Å². The van der Waals surface area contributed by atoms with Gasteiger partial charge < -0.3 is 9.84 Å². The van der Waals surface area contributed by atoms with Gasteiger partial charge in [-0.05, 0) is 37.4 Å². The first kappa shape index (κ1) is 15.8. The molecule has 0 atom stereocenters. The van der Waals surface area contributed by atoms with Gasteiger partial charge in [-0.15, -0.1) is 0 Å². The third-order valence-corrected chi connectivity index (χ3v) is 4.49. The van der Waals surface area contributed by atoms with Crippen molar-refractivity contribution < 1.29 is 4.52 Å². The molecule has 1 N–H and O–H groups in total. The van der Waals surface area contributed by atoms with Gasteiger partial charge in [-0.2, -0.15) is 4.98 Å². The summed E-state index contributed by atoms with van der Waals surface area (Å²) >= 11 is 0. The van der Waals surface area contributed by atoms with Gasteiger partial charge >= 0.3 is 0 Å². The van der Waals surface area contributed by atoms with Gasteiger partial charge in [-0.3, -0.25) is 4.98 Å². The molecule has 128 valence electrons. The van der Waals surface area contributed by atoms with Crippen LogP contribution in [0, 0.1) is 6.92 Å². The molecule has 4 heterocycles. The lowest BCUT2D eigenvalue weighted by molar-refractivity contribution is 0.431. The molecule has 1 aliphatic heterocycles. The molecule has 0 amide bonds. The molecule has 0 fully saturated rings. The van der Waals surface area contributed by atoms with Crippen molar-refractivity contribution in [2.45, 2.75) is 39.7 Å². The van der Waals surface area contributed by atoms with Gasteiger partial charge in [-0.25, -0.2) is 9.97 Å². The molecule has 7 heteroatoms. The summed E-state index contributed by atoms with van der Waals surface area (Å²) in [4.78, 5) is 17.6. The first-order valence-corrected chi connectivity index (χ1v) is 8.59. The maximum atomic E-state index is 5.55. The van der Waals surface area contributed by atoms with Gasteiger partial charge in [0.15, 0.2) is 0 Å². The quantitative estimate of drug-likeness (QED) is 0.783. The van der Waals surface area contributed by atoms with Gasteiger partial charge in [0.1, 0.15) is 6.33 Å². The predicted molar refractivity (Wildman–Crippen MR) is 92.7 cm³/mol. The lowest BCUT2D eigenvalue weighted by atomic mass is 9.95. The lowest BCUT2D eigenvalue weighted by Crippen LogP contribution is -2.24. The molecule has 0 unspecified atom stereocenters. The number of fused-ring (bicyclic) bond motifs is 1. The maximum absolute atomic E-state index is 5.55. The fourth-order valence-corrected chi connectivity index (χ4v) is 3.27. The van der Waals surface area contributed by atoms with Crippen molar-refractivity contribution in [3.05, 3.63) is 41.2 Å². The van der Waals surface area contributed by atoms with Gasteiger partial charge in [0.2, 0.25) is 5.82 Å². The number of rotatable bonds is 4. The van der Waals surface area contributed by atoms with Crippen LogP contribution >= 0.6 is 0 Å². The molecular weight excluding hydrogens is 316 g/mol. The summed E-state index contributed by atoms with van der Waals surface area (Å²) < 4.78 is 5.55. The SMILES string of the molecule is CCCc1ncncc1-c1nc(-c2c(C)ncc3c2CCNC3)no1. The second-order valence-electron chi connectivity index (χ2n) is 6.21. The van der Waals surface area contributed by atoms with Crippen molar-refractivity contribution in [3.8, 4) is 22.8 Å². The molecule has 3 aromatic rings. The van der Waals surface area contributed by atoms with E-state index in [0.29, 0.717) is 11.7 Å². The van der Waals surface area contributed by atoms with E-state index in [1.165, 1.54) is 11.1 Å². The third kappa shape index (κ3) is 2.91. The highest BCUT2D eigenvalue weighted by Crippen LogP contribution is 2.30. The first-order valence-electron chi connectivity index (χ1n) is 8.59. The summed E-state index contributed by atoms with van der Waals surface area (Å²) in [6.07, 6.45) is 8.01. The number of aromatic nitrogens is 5. The zero-order chi connectivity index (χ0) is 17.2. The smallest absolute Gasteiger partial charge is 0.261 e. The summed E-state index contributed by atoms with van der Waals surface area (Å²) in [5, 5.41) is 7.60. The van der Waals surface area contributed by atoms with Crippen LogP contribution in [0.25, 0.3) is 22.8 Å². The van der Waals surface area contributed by atoms with E-state index in [2.05, 4.69) is 37.3 Å². The first-order chi connectivity index (χ1) is 12.3. The molecule has 0 bridgehead atoms. The second kappa shape index (κ2) is 6.68. The molecule has 4 rings (SSSR count). The molecule has 0 aliphatic carbocycles. The molecule has 7 nitrogen and oxygen atoms in total. The van der Waals surface area contributed by atoms with Gasteiger partial charge in [0.25, 0.3) is 5.89 Å². The molecule has 0 saturated carbocycles. The van der Waals surface area contributed by atoms with Crippen molar-refractivity contribution in [2.75, 3.05) is 6.54 Å². The zero-order valence-corrected chi connectivity index (χ0v) is 14.4. The van der Waals surface area contributed by atoms with Crippen LogP contribution in [0.3, 0.4) is 0 Å². The normalized spacial score (nSPS) is 13.7. The van der Waals surface area contributed by atoms with Crippen LogP contribution in [-0.4, -0.2) is 31.6 Å². The number of nitrogens with one attached hydrogen (secondary N) is 1. The summed E-state index contributed by atoms with van der Waals surface area (Å²) in [6, 6.07) is 0. The molecular formula is C18H20N6O. The molecule has 3 aromatic heterocycles. The van der Waals surface area contributed by atoms with E-state index in [0.717, 1.165) is 54.9 Å². The average molecular weight is 336 g/mol. The van der Waals surface area contributed by atoms with Crippen LogP contribution in [0.15, 0.2) is 23.2 Å². The van der Waals surface area contributed by atoms with Crippen molar-refractivity contribution >= 4 is 0 Å². The van der Waals surface area contributed by atoms with Crippen LogP contribution in [0.4, 0.5) is 0 Å². The van der Waals surface area contributed by atoms with Gasteiger partial charge in [-0.1, -0.05) is 18.5 Å². The standard InChI is InChI=1S/C18H20N6O/c1-3-4-15-14(9-20-10-22-15)18-23-17(24-25-18)16-11(2)21-8-12-7-19-6-5-13(12)16/h8-10,19H,3-7H2,1-2H3. The third-order valence-electron chi connectivity index (χ3n) is 4.49. The Morgan fingerprint density at radius 1 is 1.24 bits per heavy atom. The Kier molecular flexibility index (Phi) is 4.23. The van der Waals surface area contributed by atoms with E-state index in [9.17, 15) is 0 Å². The van der Waals surface area contributed by atoms with Gasteiger partial charge in [0.05, 0.1) is 11.3 Å². The summed E-state index contributed by atoms with van der Waals surface area (Å²) in [7, 11) is 0. The molecule has 25 heavy (non-hydrogen) atoms. The minimum Gasteiger partial charge on any atom is -0.333 e. The van der Waals surface area contributed by atoms with Crippen molar-refractivity contribution in [2.24, 2.45) is 0 Å². The number of nitrogens with zero attached hydrogens (tertiary/aromatic N) is 5. The van der Waals surface area contributed by atoms with E-state index in [-0.39, 0.29) is 0 Å². The van der Waals surface area contributed by atoms with Crippen LogP contribution in [0.5, 0.6) is 0 Å². The minimum atomic E-state index is 0.463. The van der Waals surface area contributed by atoms with Crippen LogP contribution in [-0.2, 0) is 19.4 Å². The highest BCUT2D eigenvalue weighted by Gasteiger charge is 2.22. The Morgan fingerprint density at radius 3 is 3.04 bits per heavy atom. The van der Waals surface area contributed by atoms with Crippen LogP contribution in [0.2, 0.25) is 0 Å². The summed E-state index contributed by atoms with van der Waals surface area (Å²) in [6.45, 7) is 5.88. The van der Waals surface area contributed by atoms with Gasteiger partial charge in [0, 0.05) is 30.2 Å². The van der Waals surface area contributed by atoms with E-state index in [1.54, 1.807) is 12.5 Å². The van der Waals surface area contributed by atoms with Crippen LogP contribution in [0.1, 0.15) is 35.9 Å². The predicted octanol–water partition coefficient (Wildman–Crippen LogP) is 2.50. The topological polar surface area (TPSA) is 89.6 Å². The number of aryl methyl sites for hydroxylation is 2. The highest BCUT2D eigenvalue weighted by atomic mass is 16.5. The van der Waals surface area contributed by atoms with Crippen molar-refractivity contribution in [3.63, 3.8) is 0 Å². The zero-order valence-electron chi connectivity index (χ0n) is 14.4. The average Bonchev–Trinajstić information content (AvgIpc) is 3.12. The Balaban J connectivity index is 1.79. The molecule has 0 saturated heterocycles. The Bertz CT molecular complexity index is 904. The summed E-state index contributed by atoms with van der Waals surface area (Å²) in [5.41, 5.74) is 6.11.